The smallest absolute Gasteiger partial charge is 0.0801 e. The molecule has 0 heterocycles. The number of hydrogen-bond acceptors (Lipinski definition) is 3. The fourth-order valence-corrected chi connectivity index (χ4v) is 7.83. The molecule has 0 aromatic carbocycles. The van der Waals surface area contributed by atoms with Gasteiger partial charge in [0.05, 0.1) is 11.7 Å². The first-order valence-electron chi connectivity index (χ1n) is 10.8. The monoisotopic (exact) mass is 379 g/mol. The van der Waals surface area contributed by atoms with Gasteiger partial charge in [0, 0.05) is 0 Å². The summed E-state index contributed by atoms with van der Waals surface area (Å²) in [4.78, 5) is 0. The van der Waals surface area contributed by atoms with Gasteiger partial charge in [0.25, 0.3) is 0 Å². The zero-order valence-corrected chi connectivity index (χ0v) is 17.2. The third kappa shape index (κ3) is 3.65. The summed E-state index contributed by atoms with van der Waals surface area (Å²) >= 11 is 0. The van der Waals surface area contributed by atoms with E-state index < -0.39 is 5.60 Å². The summed E-state index contributed by atoms with van der Waals surface area (Å²) in [7, 11) is 0. The second kappa shape index (κ2) is 7.80. The van der Waals surface area contributed by atoms with E-state index in [1.54, 1.807) is 0 Å². The van der Waals surface area contributed by atoms with Gasteiger partial charge >= 0.3 is 0 Å². The van der Waals surface area contributed by atoms with Crippen molar-refractivity contribution in [2.75, 3.05) is 0 Å². The van der Waals surface area contributed by atoms with E-state index in [-0.39, 0.29) is 19.7 Å². The van der Waals surface area contributed by atoms with Crippen molar-refractivity contribution in [2.45, 2.75) is 97.7 Å². The van der Waals surface area contributed by atoms with Crippen LogP contribution in [0.3, 0.4) is 0 Å². The zero-order chi connectivity index (χ0) is 18.0. The maximum absolute atomic E-state index is 10.5. The highest BCUT2D eigenvalue weighted by Gasteiger charge is 2.58. The Labute approximate surface area is 167 Å². The van der Waals surface area contributed by atoms with E-state index in [4.69, 9.17) is 0 Å². The normalized spacial score (nSPS) is 46.2. The van der Waals surface area contributed by atoms with Crippen LogP contribution in [0.5, 0.6) is 0 Å². The largest absolute Gasteiger partial charge is 0.393 e. The molecule has 3 nitrogen and oxygen atoms in total. The van der Waals surface area contributed by atoms with E-state index in [0.717, 1.165) is 48.0 Å². The molecule has 4 aliphatic rings. The van der Waals surface area contributed by atoms with E-state index in [1.807, 2.05) is 13.8 Å². The molecule has 0 spiro atoms. The summed E-state index contributed by atoms with van der Waals surface area (Å²) < 4.78 is 0. The average Bonchev–Trinajstić information content (AvgIpc) is 2.89. The minimum absolute atomic E-state index is 0. The van der Waals surface area contributed by atoms with Gasteiger partial charge in [-0.15, -0.1) is 0 Å². The summed E-state index contributed by atoms with van der Waals surface area (Å²) in [6.45, 7) is 10.7. The van der Waals surface area contributed by atoms with Gasteiger partial charge in [-0.1, -0.05) is 20.9 Å². The van der Waals surface area contributed by atoms with Gasteiger partial charge in [-0.3, -0.25) is 0 Å². The molecule has 8 atom stereocenters. The van der Waals surface area contributed by atoms with Gasteiger partial charge in [-0.25, -0.2) is 0 Å². The van der Waals surface area contributed by atoms with E-state index in [9.17, 15) is 10.2 Å². The number of fused-ring (bicyclic) bond motifs is 5. The van der Waals surface area contributed by atoms with Gasteiger partial charge < -0.3 is 16.4 Å². The van der Waals surface area contributed by atoms with Crippen molar-refractivity contribution in [1.29, 1.82) is 0 Å². The highest BCUT2D eigenvalue weighted by molar-refractivity contribution is 5.21. The first-order valence-corrected chi connectivity index (χ1v) is 10.8. The topological polar surface area (TPSA) is 75.5 Å². The molecule has 0 aromatic rings. The summed E-state index contributed by atoms with van der Waals surface area (Å²) in [6, 6.07) is 0. The van der Waals surface area contributed by atoms with Crippen LogP contribution in [0.15, 0.2) is 12.2 Å². The molecule has 5 N–H and O–H groups in total. The van der Waals surface area contributed by atoms with Crippen molar-refractivity contribution < 1.29 is 10.2 Å². The van der Waals surface area contributed by atoms with Gasteiger partial charge in [0.2, 0.25) is 0 Å². The molecular weight excluding hydrogens is 334 g/mol. The highest BCUT2D eigenvalue weighted by atomic mass is 16.3. The molecule has 4 rings (SSSR count). The summed E-state index contributed by atoms with van der Waals surface area (Å²) in [5, 5.41) is 20.6. The molecule has 158 valence electrons. The Balaban J connectivity index is 0.00000131. The predicted octanol–water partition coefficient (Wildman–Crippen LogP) is 5.74. The molecule has 8 unspecified atom stereocenters. The fraction of sp³-hybridized carbons (Fsp3) is 0.917. The molecular formula is C24H45NO2. The lowest BCUT2D eigenvalue weighted by atomic mass is 9.49. The second-order valence-corrected chi connectivity index (χ2v) is 10.7. The van der Waals surface area contributed by atoms with Crippen LogP contribution in [-0.4, -0.2) is 21.9 Å². The van der Waals surface area contributed by atoms with Crippen molar-refractivity contribution in [3.8, 4) is 0 Å². The van der Waals surface area contributed by atoms with E-state index in [2.05, 4.69) is 13.5 Å². The van der Waals surface area contributed by atoms with Crippen LogP contribution in [-0.2, 0) is 0 Å². The first-order chi connectivity index (χ1) is 11.7. The zero-order valence-electron chi connectivity index (χ0n) is 17.2. The van der Waals surface area contributed by atoms with E-state index >= 15 is 0 Å². The molecule has 0 amide bonds. The Bertz CT molecular complexity index is 539. The molecule has 0 radical (unpaired) electrons. The molecule has 4 saturated carbocycles. The van der Waals surface area contributed by atoms with Crippen molar-refractivity contribution in [1.82, 2.24) is 6.15 Å². The maximum atomic E-state index is 10.5. The molecule has 4 fully saturated rings. The van der Waals surface area contributed by atoms with E-state index in [0.29, 0.717) is 11.3 Å². The highest BCUT2D eigenvalue weighted by Crippen LogP contribution is 2.65. The molecule has 0 saturated heterocycles. The molecule has 0 aromatic heterocycles. The number of aliphatic hydroxyl groups is 2. The lowest BCUT2D eigenvalue weighted by Crippen LogP contribution is -2.49. The lowest BCUT2D eigenvalue weighted by molar-refractivity contribution is -0.0763. The van der Waals surface area contributed by atoms with Gasteiger partial charge in [-0.05, 0) is 118 Å². The predicted molar refractivity (Wildman–Crippen MR) is 114 cm³/mol. The Kier molecular flexibility index (Phi) is 6.62. The maximum Gasteiger partial charge on any atom is 0.0801 e. The Morgan fingerprint density at radius 2 is 1.63 bits per heavy atom. The van der Waals surface area contributed by atoms with Crippen molar-refractivity contribution >= 4 is 0 Å². The average molecular weight is 380 g/mol. The minimum Gasteiger partial charge on any atom is -0.393 e. The first kappa shape index (κ1) is 22.9. The van der Waals surface area contributed by atoms with Crippen LogP contribution in [0.1, 0.15) is 86.0 Å². The van der Waals surface area contributed by atoms with Gasteiger partial charge in [0.15, 0.2) is 0 Å². The Morgan fingerprint density at radius 1 is 0.963 bits per heavy atom. The Morgan fingerprint density at radius 3 is 2.30 bits per heavy atom. The summed E-state index contributed by atoms with van der Waals surface area (Å²) in [5.41, 5.74) is 0.668. The van der Waals surface area contributed by atoms with Crippen molar-refractivity contribution in [2.24, 2.45) is 40.9 Å². The van der Waals surface area contributed by atoms with Crippen molar-refractivity contribution in [3.63, 3.8) is 0 Å². The second-order valence-electron chi connectivity index (χ2n) is 10.7. The van der Waals surface area contributed by atoms with Gasteiger partial charge in [0.1, 0.15) is 0 Å². The van der Waals surface area contributed by atoms with Crippen LogP contribution in [0.2, 0.25) is 0 Å². The molecule has 0 aliphatic heterocycles. The molecule has 4 aliphatic carbocycles. The van der Waals surface area contributed by atoms with Crippen LogP contribution < -0.4 is 6.15 Å². The third-order valence-corrected chi connectivity index (χ3v) is 9.13. The van der Waals surface area contributed by atoms with E-state index in [1.165, 1.54) is 44.9 Å². The SMILES string of the molecule is C.C=C(C1CCC2C3CCC4CC(O)CCC4C3CCC12C)C(C)(C)O.N. The van der Waals surface area contributed by atoms with Gasteiger partial charge in [-0.2, -0.15) is 0 Å². The van der Waals surface area contributed by atoms with Crippen LogP contribution in [0.25, 0.3) is 0 Å². The number of aliphatic hydroxyl groups excluding tert-OH is 1. The van der Waals surface area contributed by atoms with Crippen LogP contribution >= 0.6 is 0 Å². The lowest BCUT2D eigenvalue weighted by Gasteiger charge is -2.56. The summed E-state index contributed by atoms with van der Waals surface area (Å²) in [5.74, 6) is 4.77. The number of hydrogen-bond donors (Lipinski definition) is 3. The quantitative estimate of drug-likeness (QED) is 0.535. The van der Waals surface area contributed by atoms with Crippen LogP contribution in [0, 0.1) is 40.9 Å². The van der Waals surface area contributed by atoms with Crippen LogP contribution in [0.4, 0.5) is 0 Å². The van der Waals surface area contributed by atoms with Crippen molar-refractivity contribution in [3.05, 3.63) is 12.2 Å². The fourth-order valence-electron chi connectivity index (χ4n) is 7.83. The molecule has 3 heteroatoms. The minimum atomic E-state index is -0.753. The Hall–Kier alpha value is -0.380. The molecule has 27 heavy (non-hydrogen) atoms. The standard InChI is InChI=1S/C23H38O2.CH4.H3N/c1-14(22(2,3)25)20-9-10-21-19-7-5-15-13-16(24)6-8-17(15)18(19)11-12-23(20,21)4;;/h15-21,24-25H,1,5-13H2,2-4H3;1H4;1H3. The third-order valence-electron chi connectivity index (χ3n) is 9.13. The molecule has 0 bridgehead atoms. The summed E-state index contributed by atoms with van der Waals surface area (Å²) in [6.07, 6.45) is 11.3. The number of rotatable bonds is 2.